The third-order valence-corrected chi connectivity index (χ3v) is 3.81. The van der Waals surface area contributed by atoms with Crippen molar-refractivity contribution in [3.63, 3.8) is 0 Å². The van der Waals surface area contributed by atoms with Gasteiger partial charge in [0.2, 0.25) is 5.95 Å². The molecule has 1 aromatic heterocycles. The second-order valence-corrected chi connectivity index (χ2v) is 5.67. The highest BCUT2D eigenvalue weighted by molar-refractivity contribution is 6.63. The van der Waals surface area contributed by atoms with E-state index in [4.69, 9.17) is 9.31 Å². The number of methoxy groups -OCH3 is 1. The van der Waals surface area contributed by atoms with E-state index in [2.05, 4.69) is 9.72 Å². The van der Waals surface area contributed by atoms with Crippen molar-refractivity contribution in [1.29, 1.82) is 0 Å². The molecule has 7 heteroatoms. The molecule has 0 aromatic carbocycles. The van der Waals surface area contributed by atoms with Gasteiger partial charge in [0.15, 0.2) is 0 Å². The predicted molar refractivity (Wildman–Crippen MR) is 71.3 cm³/mol. The molecule has 0 radical (unpaired) electrons. The van der Waals surface area contributed by atoms with Gasteiger partial charge in [0.1, 0.15) is 0 Å². The lowest BCUT2D eigenvalue weighted by molar-refractivity contribution is 0.00578. The molecule has 5 nitrogen and oxygen atoms in total. The molecular weight excluding hydrogens is 264 g/mol. The summed E-state index contributed by atoms with van der Waals surface area (Å²) in [4.78, 5) is 15.3. The van der Waals surface area contributed by atoms with E-state index in [1.807, 2.05) is 27.7 Å². The molecule has 0 saturated carbocycles. The lowest BCUT2D eigenvalue weighted by Gasteiger charge is -2.32. The second-order valence-electron chi connectivity index (χ2n) is 5.67. The summed E-state index contributed by atoms with van der Waals surface area (Å²) in [5, 5.41) is 0. The lowest BCUT2D eigenvalue weighted by Crippen LogP contribution is -2.41. The summed E-state index contributed by atoms with van der Waals surface area (Å²) >= 11 is 0. The van der Waals surface area contributed by atoms with Crippen LogP contribution in [0.3, 0.4) is 0 Å². The van der Waals surface area contributed by atoms with Gasteiger partial charge in [-0.15, -0.1) is 0 Å². The number of carbonyl (C=O) groups is 1. The highest BCUT2D eigenvalue weighted by atomic mass is 19.1. The molecule has 20 heavy (non-hydrogen) atoms. The monoisotopic (exact) mass is 281 g/mol. The maximum absolute atomic E-state index is 13.2. The van der Waals surface area contributed by atoms with Crippen molar-refractivity contribution in [3.8, 4) is 0 Å². The van der Waals surface area contributed by atoms with Crippen molar-refractivity contribution in [2.24, 2.45) is 0 Å². The first-order valence-electron chi connectivity index (χ1n) is 6.27. The molecule has 0 bridgehead atoms. The molecule has 0 amide bonds. The van der Waals surface area contributed by atoms with E-state index in [1.54, 1.807) is 0 Å². The molecule has 1 aromatic rings. The minimum absolute atomic E-state index is 0.0542. The smallest absolute Gasteiger partial charge is 0.465 e. The van der Waals surface area contributed by atoms with E-state index in [9.17, 15) is 9.18 Å². The summed E-state index contributed by atoms with van der Waals surface area (Å²) in [6, 6.07) is 1.02. The molecular formula is C13H17BFNO4. The maximum atomic E-state index is 13.2. The summed E-state index contributed by atoms with van der Waals surface area (Å²) in [5.41, 5.74) is -0.700. The minimum Gasteiger partial charge on any atom is -0.465 e. The molecule has 1 saturated heterocycles. The van der Waals surface area contributed by atoms with Gasteiger partial charge in [-0.2, -0.15) is 4.39 Å². The molecule has 2 heterocycles. The van der Waals surface area contributed by atoms with Crippen molar-refractivity contribution in [2.75, 3.05) is 7.11 Å². The topological polar surface area (TPSA) is 57.7 Å². The maximum Gasteiger partial charge on any atom is 0.497 e. The Hall–Kier alpha value is -1.47. The van der Waals surface area contributed by atoms with Crippen LogP contribution in [0.4, 0.5) is 4.39 Å². The molecule has 1 fully saturated rings. The van der Waals surface area contributed by atoms with Crippen LogP contribution in [0, 0.1) is 5.95 Å². The van der Waals surface area contributed by atoms with Crippen LogP contribution in [0.2, 0.25) is 0 Å². The quantitative estimate of drug-likeness (QED) is 0.464. The van der Waals surface area contributed by atoms with Gasteiger partial charge >= 0.3 is 13.1 Å². The van der Waals surface area contributed by atoms with E-state index >= 15 is 0 Å². The highest BCUT2D eigenvalue weighted by Crippen LogP contribution is 2.36. The minimum atomic E-state index is -0.790. The second kappa shape index (κ2) is 4.82. The Kier molecular flexibility index (Phi) is 3.60. The first-order chi connectivity index (χ1) is 9.18. The van der Waals surface area contributed by atoms with Crippen molar-refractivity contribution in [2.45, 2.75) is 38.9 Å². The molecule has 2 rings (SSSR count). The van der Waals surface area contributed by atoms with Crippen LogP contribution in [0.5, 0.6) is 0 Å². The summed E-state index contributed by atoms with van der Waals surface area (Å²) in [6.45, 7) is 7.56. The van der Waals surface area contributed by atoms with E-state index < -0.39 is 30.2 Å². The van der Waals surface area contributed by atoms with Crippen LogP contribution in [-0.2, 0) is 14.0 Å². The zero-order valence-electron chi connectivity index (χ0n) is 12.2. The Morgan fingerprint density at radius 2 is 1.85 bits per heavy atom. The predicted octanol–water partition coefficient (Wildman–Crippen LogP) is 1.31. The number of aromatic nitrogens is 1. The first-order valence-corrected chi connectivity index (χ1v) is 6.27. The van der Waals surface area contributed by atoms with Gasteiger partial charge in [-0.3, -0.25) is 0 Å². The van der Waals surface area contributed by atoms with E-state index in [1.165, 1.54) is 13.3 Å². The van der Waals surface area contributed by atoms with E-state index in [0.717, 1.165) is 6.07 Å². The normalized spacial score (nSPS) is 20.0. The number of hydrogen-bond acceptors (Lipinski definition) is 5. The number of hydrogen-bond donors (Lipinski definition) is 0. The number of esters is 1. The zero-order chi connectivity index (χ0) is 15.1. The van der Waals surface area contributed by atoms with Gasteiger partial charge in [-0.25, -0.2) is 9.78 Å². The van der Waals surface area contributed by atoms with E-state index in [0.29, 0.717) is 5.46 Å². The molecule has 1 aliphatic heterocycles. The molecule has 0 aliphatic carbocycles. The molecule has 1 aliphatic rings. The Morgan fingerprint density at radius 1 is 1.30 bits per heavy atom. The number of carbonyl (C=O) groups excluding carboxylic acids is 1. The Balaban J connectivity index is 2.42. The van der Waals surface area contributed by atoms with Crippen molar-refractivity contribution >= 4 is 18.6 Å². The first kappa shape index (κ1) is 14.9. The fraction of sp³-hybridized carbons (Fsp3) is 0.538. The molecule has 0 unspecified atom stereocenters. The van der Waals surface area contributed by atoms with Crippen LogP contribution < -0.4 is 5.46 Å². The lowest BCUT2D eigenvalue weighted by atomic mass is 9.77. The van der Waals surface area contributed by atoms with Crippen LogP contribution in [0.25, 0.3) is 0 Å². The largest absolute Gasteiger partial charge is 0.497 e. The van der Waals surface area contributed by atoms with Crippen molar-refractivity contribution in [3.05, 3.63) is 23.8 Å². The van der Waals surface area contributed by atoms with Crippen molar-refractivity contribution < 1.29 is 23.2 Å². The Morgan fingerprint density at radius 3 is 2.35 bits per heavy atom. The summed E-state index contributed by atoms with van der Waals surface area (Å²) in [6.07, 6.45) is 1.24. The Bertz CT molecular complexity index is 531. The molecule has 108 valence electrons. The van der Waals surface area contributed by atoms with Crippen LogP contribution >= 0.6 is 0 Å². The average Bonchev–Trinajstić information content (AvgIpc) is 2.57. The van der Waals surface area contributed by atoms with E-state index in [-0.39, 0.29) is 5.56 Å². The summed E-state index contributed by atoms with van der Waals surface area (Å²) < 4.78 is 29.6. The van der Waals surface area contributed by atoms with Gasteiger partial charge in [-0.1, -0.05) is 0 Å². The number of pyridine rings is 1. The SMILES string of the molecule is COC(=O)c1cc(F)ncc1B1OC(C)(C)C(C)(C)O1. The third-order valence-electron chi connectivity index (χ3n) is 3.81. The number of ether oxygens (including phenoxy) is 1. The molecule has 0 N–H and O–H groups in total. The molecule has 0 spiro atoms. The fourth-order valence-electron chi connectivity index (χ4n) is 1.89. The van der Waals surface area contributed by atoms with Gasteiger partial charge in [0.05, 0.1) is 23.9 Å². The summed E-state index contributed by atoms with van der Waals surface area (Å²) in [7, 11) is 0.441. The molecule has 0 atom stereocenters. The number of nitrogens with zero attached hydrogens (tertiary/aromatic N) is 1. The number of halogens is 1. The van der Waals surface area contributed by atoms with Gasteiger partial charge in [-0.05, 0) is 27.7 Å². The summed E-state index contributed by atoms with van der Waals surface area (Å²) in [5.74, 6) is -1.42. The van der Waals surface area contributed by atoms with Gasteiger partial charge in [0.25, 0.3) is 0 Å². The average molecular weight is 281 g/mol. The standard InChI is InChI=1S/C13H17BFNO4/c1-12(2)13(3,4)20-14(19-12)9-7-16-10(15)6-8(9)11(17)18-5/h6-7H,1-5H3. The van der Waals surface area contributed by atoms with Crippen LogP contribution in [0.1, 0.15) is 38.1 Å². The van der Waals surface area contributed by atoms with Gasteiger partial charge < -0.3 is 14.0 Å². The van der Waals surface area contributed by atoms with Crippen LogP contribution in [0.15, 0.2) is 12.3 Å². The number of rotatable bonds is 2. The zero-order valence-corrected chi connectivity index (χ0v) is 12.2. The Labute approximate surface area is 117 Å². The van der Waals surface area contributed by atoms with Crippen molar-refractivity contribution in [1.82, 2.24) is 4.98 Å². The third kappa shape index (κ3) is 2.43. The highest BCUT2D eigenvalue weighted by Gasteiger charge is 2.52. The fourth-order valence-corrected chi connectivity index (χ4v) is 1.89. The van der Waals surface area contributed by atoms with Gasteiger partial charge in [0, 0.05) is 17.7 Å². The van der Waals surface area contributed by atoms with Crippen LogP contribution in [-0.4, -0.2) is 36.4 Å².